The number of hydrogen-bond donors (Lipinski definition) is 2. The number of nitrogens with two attached hydrogens (primary N) is 2. The Morgan fingerprint density at radius 2 is 1.40 bits per heavy atom. The highest BCUT2D eigenvalue weighted by molar-refractivity contribution is 5.69. The van der Waals surface area contributed by atoms with Gasteiger partial charge in [-0.3, -0.25) is 0 Å². The van der Waals surface area contributed by atoms with Crippen LogP contribution in [0.2, 0.25) is 0 Å². The van der Waals surface area contributed by atoms with Crippen molar-refractivity contribution in [2.45, 2.75) is 0 Å². The minimum Gasteiger partial charge on any atom is -0.352 e. The smallest absolute Gasteiger partial charge is 0.309 e. The molecule has 0 bridgehead atoms. The van der Waals surface area contributed by atoms with Gasteiger partial charge < -0.3 is 11.5 Å². The van der Waals surface area contributed by atoms with Crippen LogP contribution in [-0.4, -0.2) is 6.03 Å². The molecule has 0 aliphatic heterocycles. The number of amides is 2. The van der Waals surface area contributed by atoms with Gasteiger partial charge in [-0.1, -0.05) is 31.9 Å². The van der Waals surface area contributed by atoms with Crippen molar-refractivity contribution in [3.63, 3.8) is 0 Å². The number of rotatable bonds is 2. The van der Waals surface area contributed by atoms with Gasteiger partial charge in [-0.15, -0.1) is 0 Å². The monoisotopic (exact) mass is 140 g/mol. The quantitative estimate of drug-likeness (QED) is 0.550. The first-order chi connectivity index (χ1) is 4.54. The molecule has 0 spiro atoms. The fourth-order valence-corrected chi connectivity index (χ4v) is 0.0833. The molecule has 0 atom stereocenters. The molecule has 0 rings (SSSR count). The van der Waals surface area contributed by atoms with Crippen LogP contribution in [0, 0.1) is 0 Å². The summed E-state index contributed by atoms with van der Waals surface area (Å²) < 4.78 is 0. The maximum Gasteiger partial charge on any atom is 0.309 e. The summed E-state index contributed by atoms with van der Waals surface area (Å²) in [4.78, 5) is 9.00. The van der Waals surface area contributed by atoms with Crippen molar-refractivity contribution >= 4 is 6.03 Å². The maximum absolute atomic E-state index is 9.00. The second kappa shape index (κ2) is 7.49. The summed E-state index contributed by atoms with van der Waals surface area (Å²) in [7, 11) is 0. The van der Waals surface area contributed by atoms with E-state index in [-0.39, 0.29) is 0 Å². The Hall–Kier alpha value is -1.51. The summed E-state index contributed by atoms with van der Waals surface area (Å²) in [6.07, 6.45) is 3.32. The van der Waals surface area contributed by atoms with Gasteiger partial charge in [0.1, 0.15) is 0 Å². The van der Waals surface area contributed by atoms with Gasteiger partial charge in [0, 0.05) is 0 Å². The Morgan fingerprint density at radius 1 is 1.20 bits per heavy atom. The van der Waals surface area contributed by atoms with Crippen molar-refractivity contribution in [2.24, 2.45) is 11.5 Å². The maximum atomic E-state index is 9.00. The summed E-state index contributed by atoms with van der Waals surface area (Å²) in [5, 5.41) is 0. The molecule has 0 aromatic heterocycles. The molecule has 0 aromatic rings. The van der Waals surface area contributed by atoms with Crippen LogP contribution in [0.25, 0.3) is 0 Å². The number of urea groups is 1. The lowest BCUT2D eigenvalue weighted by Crippen LogP contribution is -2.18. The summed E-state index contributed by atoms with van der Waals surface area (Å²) in [5.74, 6) is 0. The molecule has 0 heterocycles. The fourth-order valence-electron chi connectivity index (χ4n) is 0.0833. The van der Waals surface area contributed by atoms with Crippen molar-refractivity contribution in [3.8, 4) is 0 Å². The highest BCUT2D eigenvalue weighted by atomic mass is 16.2. The van der Waals surface area contributed by atoms with Crippen molar-refractivity contribution in [3.05, 3.63) is 37.5 Å². The average Bonchev–Trinajstić information content (AvgIpc) is 1.85. The minimum atomic E-state index is -0.833. The predicted octanol–water partition coefficient (Wildman–Crippen LogP) is 0.938. The first kappa shape index (κ1) is 11.3. The van der Waals surface area contributed by atoms with Crippen LogP contribution in [0.4, 0.5) is 4.79 Å². The molecule has 0 aliphatic rings. The highest BCUT2D eigenvalue weighted by Gasteiger charge is 1.65. The van der Waals surface area contributed by atoms with E-state index in [9.17, 15) is 0 Å². The number of carbonyl (C=O) groups is 1. The largest absolute Gasteiger partial charge is 0.352 e. The third-order valence-corrected chi connectivity index (χ3v) is 0.524. The summed E-state index contributed by atoms with van der Waals surface area (Å²) in [5.41, 5.74) is 9.37. The fraction of sp³-hybridized carbons (Fsp3) is 0. The molecule has 0 saturated heterocycles. The van der Waals surface area contributed by atoms with Crippen molar-refractivity contribution < 1.29 is 4.79 Å². The molecule has 0 unspecified atom stereocenters. The lowest BCUT2D eigenvalue weighted by molar-refractivity contribution is 0.256. The van der Waals surface area contributed by atoms with E-state index in [0.29, 0.717) is 0 Å². The molecule has 0 saturated carbocycles. The Kier molecular flexibility index (Phi) is 8.47. The predicted molar refractivity (Wildman–Crippen MR) is 43.3 cm³/mol. The van der Waals surface area contributed by atoms with E-state index in [2.05, 4.69) is 31.2 Å². The number of carbonyl (C=O) groups excluding carboxylic acids is 1. The molecule has 10 heavy (non-hydrogen) atoms. The second-order valence-corrected chi connectivity index (χ2v) is 1.39. The lowest BCUT2D eigenvalue weighted by Gasteiger charge is -1.76. The van der Waals surface area contributed by atoms with Gasteiger partial charge in [-0.25, -0.2) is 4.79 Å². The Labute approximate surface area is 60.7 Å². The first-order valence-electron chi connectivity index (χ1n) is 2.53. The normalized spacial score (nSPS) is 6.40. The van der Waals surface area contributed by atoms with Crippen LogP contribution in [0.3, 0.4) is 0 Å². The molecular weight excluding hydrogens is 128 g/mol. The van der Waals surface area contributed by atoms with Gasteiger partial charge in [0.25, 0.3) is 0 Å². The first-order valence-corrected chi connectivity index (χ1v) is 2.53. The number of allylic oxidation sites excluding steroid dienone is 3. The number of primary amides is 2. The van der Waals surface area contributed by atoms with E-state index in [0.717, 1.165) is 5.57 Å². The van der Waals surface area contributed by atoms with E-state index in [4.69, 9.17) is 4.79 Å². The molecule has 4 N–H and O–H groups in total. The average molecular weight is 140 g/mol. The zero-order valence-electron chi connectivity index (χ0n) is 5.84. The van der Waals surface area contributed by atoms with Gasteiger partial charge in [0.2, 0.25) is 0 Å². The minimum absolute atomic E-state index is 0.833. The Balaban J connectivity index is 0. The summed E-state index contributed by atoms with van der Waals surface area (Å²) >= 11 is 0. The van der Waals surface area contributed by atoms with Gasteiger partial charge in [-0.2, -0.15) is 0 Å². The van der Waals surface area contributed by atoms with Gasteiger partial charge >= 0.3 is 6.03 Å². The summed E-state index contributed by atoms with van der Waals surface area (Å²) in [6, 6.07) is -0.833. The molecule has 0 radical (unpaired) electrons. The van der Waals surface area contributed by atoms with Crippen LogP contribution in [0.5, 0.6) is 0 Å². The zero-order chi connectivity index (χ0) is 8.57. The third-order valence-electron chi connectivity index (χ3n) is 0.524. The topological polar surface area (TPSA) is 69.1 Å². The molecular formula is C7H12N2O. The number of hydrogen-bond acceptors (Lipinski definition) is 1. The van der Waals surface area contributed by atoms with Gasteiger partial charge in [0.05, 0.1) is 0 Å². The van der Waals surface area contributed by atoms with Crippen LogP contribution in [0.1, 0.15) is 0 Å². The van der Waals surface area contributed by atoms with Crippen LogP contribution in [-0.2, 0) is 0 Å². The van der Waals surface area contributed by atoms with Crippen LogP contribution in [0.15, 0.2) is 37.5 Å². The van der Waals surface area contributed by atoms with Crippen LogP contribution < -0.4 is 11.5 Å². The molecule has 0 aliphatic carbocycles. The molecule has 56 valence electrons. The van der Waals surface area contributed by atoms with E-state index in [1.54, 1.807) is 12.2 Å². The molecule has 0 fully saturated rings. The van der Waals surface area contributed by atoms with E-state index >= 15 is 0 Å². The van der Waals surface area contributed by atoms with Crippen molar-refractivity contribution in [1.29, 1.82) is 0 Å². The SMILES string of the molecule is C=CC(=C)C=C.NC(N)=O. The van der Waals surface area contributed by atoms with E-state index < -0.39 is 6.03 Å². The molecule has 3 heteroatoms. The van der Waals surface area contributed by atoms with Gasteiger partial charge in [-0.05, 0) is 5.57 Å². The van der Waals surface area contributed by atoms with Crippen LogP contribution >= 0.6 is 0 Å². The van der Waals surface area contributed by atoms with Crippen molar-refractivity contribution in [2.75, 3.05) is 0 Å². The second-order valence-electron chi connectivity index (χ2n) is 1.39. The van der Waals surface area contributed by atoms with Gasteiger partial charge in [0.15, 0.2) is 0 Å². The highest BCUT2D eigenvalue weighted by Crippen LogP contribution is 1.86. The zero-order valence-corrected chi connectivity index (χ0v) is 5.84. The Morgan fingerprint density at radius 3 is 1.40 bits per heavy atom. The Bertz CT molecular complexity index is 136. The standard InChI is InChI=1S/C6H8.CH4N2O/c1-4-6(3)5-2;2-1(3)4/h4-5H,1-3H2;(H4,2,3,4). The molecule has 2 amide bonds. The summed E-state index contributed by atoms with van der Waals surface area (Å²) in [6.45, 7) is 10.5. The van der Waals surface area contributed by atoms with E-state index in [1.165, 1.54) is 0 Å². The molecule has 0 aromatic carbocycles. The molecule has 3 nitrogen and oxygen atoms in total. The van der Waals surface area contributed by atoms with E-state index in [1.807, 2.05) is 0 Å². The third kappa shape index (κ3) is 31.5. The van der Waals surface area contributed by atoms with Crippen molar-refractivity contribution in [1.82, 2.24) is 0 Å². The lowest BCUT2D eigenvalue weighted by atomic mass is 10.3.